The van der Waals surface area contributed by atoms with Crippen molar-refractivity contribution in [3.8, 4) is 5.75 Å². The van der Waals surface area contributed by atoms with Gasteiger partial charge in [-0.25, -0.2) is 0 Å². The molecule has 0 aliphatic carbocycles. The van der Waals surface area contributed by atoms with Crippen LogP contribution in [-0.2, 0) is 4.74 Å². The van der Waals surface area contributed by atoms with Crippen LogP contribution in [0.1, 0.15) is 18.4 Å². The predicted molar refractivity (Wildman–Crippen MR) is 67.6 cm³/mol. The molecule has 0 unspecified atom stereocenters. The Morgan fingerprint density at radius 2 is 1.94 bits per heavy atom. The number of rotatable bonds is 3. The van der Waals surface area contributed by atoms with E-state index in [4.69, 9.17) is 26.4 Å². The zero-order chi connectivity index (χ0) is 12.3. The lowest BCUT2D eigenvalue weighted by atomic mass is 10.1. The Kier molecular flexibility index (Phi) is 3.49. The highest BCUT2D eigenvalue weighted by molar-refractivity contribution is 5.87. The summed E-state index contributed by atoms with van der Waals surface area (Å²) >= 11 is 0. The molecule has 5 heteroatoms. The SMILES string of the molecule is N=Cc1cc(N)c(OC2CCOCC2)cc1N. The number of hydrogen-bond donors (Lipinski definition) is 3. The molecule has 5 N–H and O–H groups in total. The largest absolute Gasteiger partial charge is 0.488 e. The van der Waals surface area contributed by atoms with Gasteiger partial charge in [0.2, 0.25) is 0 Å². The Hall–Kier alpha value is -1.75. The second kappa shape index (κ2) is 5.05. The molecule has 5 nitrogen and oxygen atoms in total. The number of hydrogen-bond acceptors (Lipinski definition) is 5. The minimum absolute atomic E-state index is 0.135. The molecule has 17 heavy (non-hydrogen) atoms. The van der Waals surface area contributed by atoms with Gasteiger partial charge in [0.05, 0.1) is 18.9 Å². The first-order valence-electron chi connectivity index (χ1n) is 5.64. The Labute approximate surface area is 100 Å². The normalized spacial score (nSPS) is 16.7. The van der Waals surface area contributed by atoms with E-state index in [2.05, 4.69) is 0 Å². The van der Waals surface area contributed by atoms with Crippen molar-refractivity contribution in [1.82, 2.24) is 0 Å². The molecule has 1 aliphatic heterocycles. The number of ether oxygens (including phenoxy) is 2. The lowest BCUT2D eigenvalue weighted by Crippen LogP contribution is -2.26. The lowest BCUT2D eigenvalue weighted by molar-refractivity contribution is 0.0259. The summed E-state index contributed by atoms with van der Waals surface area (Å²) in [7, 11) is 0. The van der Waals surface area contributed by atoms with E-state index in [9.17, 15) is 0 Å². The number of anilines is 2. The third-order valence-corrected chi connectivity index (χ3v) is 2.83. The van der Waals surface area contributed by atoms with E-state index in [-0.39, 0.29) is 6.10 Å². The molecule has 0 saturated carbocycles. The van der Waals surface area contributed by atoms with Crippen LogP contribution in [0, 0.1) is 5.41 Å². The molecule has 1 aliphatic rings. The van der Waals surface area contributed by atoms with Crippen molar-refractivity contribution in [2.24, 2.45) is 0 Å². The molecular weight excluding hydrogens is 218 g/mol. The van der Waals surface area contributed by atoms with Crippen LogP contribution in [0.3, 0.4) is 0 Å². The van der Waals surface area contributed by atoms with Crippen LogP contribution < -0.4 is 16.2 Å². The van der Waals surface area contributed by atoms with Crippen molar-refractivity contribution in [3.05, 3.63) is 17.7 Å². The first kappa shape index (κ1) is 11.7. The molecule has 0 atom stereocenters. The minimum atomic E-state index is 0.135. The third kappa shape index (κ3) is 2.68. The van der Waals surface area contributed by atoms with Gasteiger partial charge < -0.3 is 26.4 Å². The maximum Gasteiger partial charge on any atom is 0.144 e. The first-order chi connectivity index (χ1) is 8.20. The molecule has 0 amide bonds. The van der Waals surface area contributed by atoms with Gasteiger partial charge in [0.1, 0.15) is 11.9 Å². The predicted octanol–water partition coefficient (Wildman–Crippen LogP) is 1.41. The Morgan fingerprint density at radius 3 is 2.59 bits per heavy atom. The van der Waals surface area contributed by atoms with Crippen molar-refractivity contribution in [2.75, 3.05) is 24.7 Å². The summed E-state index contributed by atoms with van der Waals surface area (Å²) in [4.78, 5) is 0. The molecule has 1 aromatic rings. The van der Waals surface area contributed by atoms with Crippen LogP contribution in [0.2, 0.25) is 0 Å². The second-order valence-electron chi connectivity index (χ2n) is 4.09. The third-order valence-electron chi connectivity index (χ3n) is 2.83. The number of benzene rings is 1. The van der Waals surface area contributed by atoms with E-state index < -0.39 is 0 Å². The van der Waals surface area contributed by atoms with Gasteiger partial charge in [-0.1, -0.05) is 0 Å². The summed E-state index contributed by atoms with van der Waals surface area (Å²) in [5.41, 5.74) is 13.3. The zero-order valence-electron chi connectivity index (χ0n) is 9.61. The maximum atomic E-state index is 7.19. The van der Waals surface area contributed by atoms with E-state index in [0.717, 1.165) is 26.1 Å². The van der Waals surface area contributed by atoms with E-state index >= 15 is 0 Å². The molecular formula is C12H17N3O2. The van der Waals surface area contributed by atoms with E-state index in [1.54, 1.807) is 12.1 Å². The lowest BCUT2D eigenvalue weighted by Gasteiger charge is -2.24. The van der Waals surface area contributed by atoms with Gasteiger partial charge in [0.25, 0.3) is 0 Å². The van der Waals surface area contributed by atoms with Gasteiger partial charge in [-0.15, -0.1) is 0 Å². The topological polar surface area (TPSA) is 94.4 Å². The quantitative estimate of drug-likeness (QED) is 0.545. The van der Waals surface area contributed by atoms with E-state index in [0.29, 0.717) is 22.7 Å². The van der Waals surface area contributed by atoms with Gasteiger partial charge in [-0.05, 0) is 6.07 Å². The summed E-state index contributed by atoms with van der Waals surface area (Å²) < 4.78 is 11.1. The number of nitrogens with two attached hydrogens (primary N) is 2. The zero-order valence-corrected chi connectivity index (χ0v) is 9.61. The maximum absolute atomic E-state index is 7.19. The van der Waals surface area contributed by atoms with Crippen molar-refractivity contribution in [2.45, 2.75) is 18.9 Å². The van der Waals surface area contributed by atoms with Gasteiger partial charge in [0.15, 0.2) is 0 Å². The van der Waals surface area contributed by atoms with E-state index in [1.165, 1.54) is 6.21 Å². The molecule has 92 valence electrons. The Balaban J connectivity index is 2.14. The fraction of sp³-hybridized carbons (Fsp3) is 0.417. The smallest absolute Gasteiger partial charge is 0.144 e. The molecule has 2 rings (SSSR count). The Morgan fingerprint density at radius 1 is 1.24 bits per heavy atom. The molecule has 0 radical (unpaired) electrons. The van der Waals surface area contributed by atoms with Gasteiger partial charge in [-0.2, -0.15) is 0 Å². The first-order valence-corrected chi connectivity index (χ1v) is 5.64. The number of nitrogens with one attached hydrogen (secondary N) is 1. The molecule has 0 spiro atoms. The summed E-state index contributed by atoms with van der Waals surface area (Å²) in [6.07, 6.45) is 3.05. The fourth-order valence-electron chi connectivity index (χ4n) is 1.83. The molecule has 0 aromatic heterocycles. The van der Waals surface area contributed by atoms with Crippen molar-refractivity contribution < 1.29 is 9.47 Å². The van der Waals surface area contributed by atoms with Gasteiger partial charge in [0, 0.05) is 36.4 Å². The average Bonchev–Trinajstić information content (AvgIpc) is 2.34. The van der Waals surface area contributed by atoms with Crippen LogP contribution in [-0.4, -0.2) is 25.5 Å². The highest BCUT2D eigenvalue weighted by Gasteiger charge is 2.17. The van der Waals surface area contributed by atoms with Crippen LogP contribution in [0.4, 0.5) is 11.4 Å². The summed E-state index contributed by atoms with van der Waals surface area (Å²) in [5, 5.41) is 7.19. The second-order valence-corrected chi connectivity index (χ2v) is 4.09. The summed E-state index contributed by atoms with van der Waals surface area (Å²) in [6, 6.07) is 3.35. The van der Waals surface area contributed by atoms with Crippen LogP contribution in [0.5, 0.6) is 5.75 Å². The molecule has 1 aromatic carbocycles. The highest BCUT2D eigenvalue weighted by atomic mass is 16.5. The standard InChI is InChI=1S/C12H17N3O2/c13-7-8-5-11(15)12(6-10(8)14)17-9-1-3-16-4-2-9/h5-7,9,13H,1-4,14-15H2. The molecule has 1 saturated heterocycles. The average molecular weight is 235 g/mol. The Bertz CT molecular complexity index is 414. The van der Waals surface area contributed by atoms with Crippen molar-refractivity contribution >= 4 is 17.6 Å². The van der Waals surface area contributed by atoms with Crippen LogP contribution in [0.25, 0.3) is 0 Å². The number of nitrogen functional groups attached to an aromatic ring is 2. The molecule has 1 heterocycles. The summed E-state index contributed by atoms with van der Waals surface area (Å²) in [6.45, 7) is 1.44. The van der Waals surface area contributed by atoms with Crippen LogP contribution >= 0.6 is 0 Å². The van der Waals surface area contributed by atoms with Crippen molar-refractivity contribution in [1.29, 1.82) is 5.41 Å². The minimum Gasteiger partial charge on any atom is -0.488 e. The van der Waals surface area contributed by atoms with Gasteiger partial charge >= 0.3 is 0 Å². The van der Waals surface area contributed by atoms with Gasteiger partial charge in [-0.3, -0.25) is 0 Å². The fourth-order valence-corrected chi connectivity index (χ4v) is 1.83. The molecule has 0 bridgehead atoms. The highest BCUT2D eigenvalue weighted by Crippen LogP contribution is 2.29. The van der Waals surface area contributed by atoms with E-state index in [1.807, 2.05) is 0 Å². The van der Waals surface area contributed by atoms with Crippen LogP contribution in [0.15, 0.2) is 12.1 Å². The summed E-state index contributed by atoms with van der Waals surface area (Å²) in [5.74, 6) is 0.597. The monoisotopic (exact) mass is 235 g/mol. The molecule has 1 fully saturated rings. The van der Waals surface area contributed by atoms with Crippen molar-refractivity contribution in [3.63, 3.8) is 0 Å².